The van der Waals surface area contributed by atoms with Gasteiger partial charge in [0, 0.05) is 0 Å². The van der Waals surface area contributed by atoms with E-state index in [1.807, 2.05) is 71.7 Å². The minimum Gasteiger partial charge on any atom is -0.234 e. The topological polar surface area (TPSA) is 15.6 Å². The summed E-state index contributed by atoms with van der Waals surface area (Å²) in [5, 5.41) is 7.54. The number of hydrazone groups is 1. The van der Waals surface area contributed by atoms with Crippen molar-refractivity contribution in [2.45, 2.75) is 0 Å². The Kier molecular flexibility index (Phi) is 4.96. The summed E-state index contributed by atoms with van der Waals surface area (Å²) in [6.45, 7) is 0. The van der Waals surface area contributed by atoms with E-state index in [4.69, 9.17) is 23.2 Å². The van der Waals surface area contributed by atoms with Crippen LogP contribution in [0.4, 0.5) is 11.4 Å². The van der Waals surface area contributed by atoms with Gasteiger partial charge in [0.05, 0.1) is 27.6 Å². The molecular weight excluding hydrogens is 327 g/mol. The number of benzene rings is 3. The molecule has 4 heteroatoms. The van der Waals surface area contributed by atoms with Gasteiger partial charge in [-0.3, -0.25) is 0 Å². The second-order valence-corrected chi connectivity index (χ2v) is 5.72. The molecule has 0 bridgehead atoms. The predicted octanol–water partition coefficient (Wildman–Crippen LogP) is 6.17. The summed E-state index contributed by atoms with van der Waals surface area (Å²) in [6.07, 6.45) is 1.77. The molecule has 0 atom stereocenters. The van der Waals surface area contributed by atoms with Crippen molar-refractivity contribution in [1.82, 2.24) is 0 Å². The number of nitrogens with zero attached hydrogens (tertiary/aromatic N) is 2. The molecule has 0 amide bonds. The number of para-hydroxylation sites is 2. The van der Waals surface area contributed by atoms with Gasteiger partial charge in [0.15, 0.2) is 0 Å². The van der Waals surface area contributed by atoms with Gasteiger partial charge < -0.3 is 0 Å². The highest BCUT2D eigenvalue weighted by atomic mass is 35.5. The van der Waals surface area contributed by atoms with Crippen LogP contribution in [-0.2, 0) is 0 Å². The molecule has 2 nitrogen and oxygen atoms in total. The molecule has 3 rings (SSSR count). The standard InChI is InChI=1S/C19H14Cl2N2/c20-18-12-11-15(13-19(18)21)14-22-23(16-7-3-1-4-8-16)17-9-5-2-6-10-17/h1-14H/b22-14-. The van der Waals surface area contributed by atoms with Crippen molar-refractivity contribution in [3.05, 3.63) is 94.5 Å². The zero-order valence-corrected chi connectivity index (χ0v) is 13.7. The fourth-order valence-corrected chi connectivity index (χ4v) is 2.44. The summed E-state index contributed by atoms with van der Waals surface area (Å²) in [7, 11) is 0. The molecule has 0 spiro atoms. The Bertz CT molecular complexity index is 763. The fourth-order valence-electron chi connectivity index (χ4n) is 2.14. The Morgan fingerprint density at radius 3 is 1.78 bits per heavy atom. The average molecular weight is 341 g/mol. The third-order valence-electron chi connectivity index (χ3n) is 3.27. The summed E-state index contributed by atoms with van der Waals surface area (Å²) in [5.74, 6) is 0. The van der Waals surface area contributed by atoms with Gasteiger partial charge in [0.25, 0.3) is 0 Å². The Morgan fingerprint density at radius 1 is 0.696 bits per heavy atom. The lowest BCUT2D eigenvalue weighted by molar-refractivity contribution is 1.09. The Balaban J connectivity index is 1.96. The number of halogens is 2. The highest BCUT2D eigenvalue weighted by molar-refractivity contribution is 6.42. The van der Waals surface area contributed by atoms with Crippen LogP contribution < -0.4 is 5.01 Å². The minimum atomic E-state index is 0.515. The first-order valence-electron chi connectivity index (χ1n) is 7.13. The van der Waals surface area contributed by atoms with E-state index in [1.165, 1.54) is 0 Å². The molecule has 0 aliphatic carbocycles. The van der Waals surface area contributed by atoms with Crippen molar-refractivity contribution in [2.24, 2.45) is 5.10 Å². The van der Waals surface area contributed by atoms with Gasteiger partial charge >= 0.3 is 0 Å². The molecule has 114 valence electrons. The molecule has 0 saturated heterocycles. The molecule has 23 heavy (non-hydrogen) atoms. The summed E-state index contributed by atoms with van der Waals surface area (Å²) < 4.78 is 0. The largest absolute Gasteiger partial charge is 0.234 e. The first kappa shape index (κ1) is 15.6. The van der Waals surface area contributed by atoms with E-state index in [2.05, 4.69) is 5.10 Å². The summed E-state index contributed by atoms with van der Waals surface area (Å²) in [5.41, 5.74) is 2.85. The van der Waals surface area contributed by atoms with Gasteiger partial charge in [-0.1, -0.05) is 65.7 Å². The molecule has 0 unspecified atom stereocenters. The molecule has 0 aliphatic rings. The van der Waals surface area contributed by atoms with Crippen LogP contribution in [0.2, 0.25) is 10.0 Å². The third-order valence-corrected chi connectivity index (χ3v) is 4.01. The maximum Gasteiger partial charge on any atom is 0.0652 e. The van der Waals surface area contributed by atoms with Crippen LogP contribution in [0.15, 0.2) is 84.0 Å². The highest BCUT2D eigenvalue weighted by Crippen LogP contribution is 2.26. The van der Waals surface area contributed by atoms with Crippen LogP contribution in [0, 0.1) is 0 Å². The van der Waals surface area contributed by atoms with Crippen molar-refractivity contribution in [3.8, 4) is 0 Å². The van der Waals surface area contributed by atoms with Gasteiger partial charge in [0.1, 0.15) is 0 Å². The fraction of sp³-hybridized carbons (Fsp3) is 0. The Morgan fingerprint density at radius 2 is 1.26 bits per heavy atom. The molecule has 3 aromatic rings. The van der Waals surface area contributed by atoms with Crippen molar-refractivity contribution in [1.29, 1.82) is 0 Å². The monoisotopic (exact) mass is 340 g/mol. The van der Waals surface area contributed by atoms with Gasteiger partial charge in [-0.25, -0.2) is 5.01 Å². The van der Waals surface area contributed by atoms with E-state index in [-0.39, 0.29) is 0 Å². The molecule has 0 aromatic heterocycles. The van der Waals surface area contributed by atoms with Crippen LogP contribution in [0.5, 0.6) is 0 Å². The number of hydrogen-bond acceptors (Lipinski definition) is 2. The molecule has 0 aliphatic heterocycles. The van der Waals surface area contributed by atoms with Crippen LogP contribution in [-0.4, -0.2) is 6.21 Å². The third kappa shape index (κ3) is 3.92. The smallest absolute Gasteiger partial charge is 0.0652 e. The zero-order chi connectivity index (χ0) is 16.1. The summed E-state index contributed by atoms with van der Waals surface area (Å²) in [6, 6.07) is 25.4. The van der Waals surface area contributed by atoms with Gasteiger partial charge in [-0.05, 0) is 42.0 Å². The summed E-state index contributed by atoms with van der Waals surface area (Å²) in [4.78, 5) is 0. The molecule has 3 aromatic carbocycles. The molecular formula is C19H14Cl2N2. The van der Waals surface area contributed by atoms with E-state index in [9.17, 15) is 0 Å². The van der Waals surface area contributed by atoms with Crippen LogP contribution in [0.3, 0.4) is 0 Å². The van der Waals surface area contributed by atoms with Crippen molar-refractivity contribution in [2.75, 3.05) is 5.01 Å². The van der Waals surface area contributed by atoms with E-state index in [0.29, 0.717) is 10.0 Å². The quantitative estimate of drug-likeness (QED) is 0.409. The maximum atomic E-state index is 6.06. The highest BCUT2D eigenvalue weighted by Gasteiger charge is 2.06. The van der Waals surface area contributed by atoms with E-state index in [0.717, 1.165) is 16.9 Å². The Hall–Kier alpha value is -2.29. The van der Waals surface area contributed by atoms with Gasteiger partial charge in [-0.15, -0.1) is 0 Å². The van der Waals surface area contributed by atoms with E-state index >= 15 is 0 Å². The second-order valence-electron chi connectivity index (χ2n) is 4.90. The van der Waals surface area contributed by atoms with E-state index < -0.39 is 0 Å². The van der Waals surface area contributed by atoms with Crippen molar-refractivity contribution < 1.29 is 0 Å². The maximum absolute atomic E-state index is 6.06. The van der Waals surface area contributed by atoms with Crippen LogP contribution in [0.25, 0.3) is 0 Å². The lowest BCUT2D eigenvalue weighted by Gasteiger charge is -2.19. The minimum absolute atomic E-state index is 0.515. The van der Waals surface area contributed by atoms with Crippen LogP contribution >= 0.6 is 23.2 Å². The normalized spacial score (nSPS) is 10.9. The lowest BCUT2D eigenvalue weighted by Crippen LogP contribution is -2.09. The average Bonchev–Trinajstić information content (AvgIpc) is 2.60. The first-order chi connectivity index (χ1) is 11.2. The predicted molar refractivity (Wildman–Crippen MR) is 99.1 cm³/mol. The van der Waals surface area contributed by atoms with Crippen LogP contribution in [0.1, 0.15) is 5.56 Å². The number of rotatable bonds is 4. The van der Waals surface area contributed by atoms with Gasteiger partial charge in [-0.2, -0.15) is 5.10 Å². The molecule has 0 N–H and O–H groups in total. The first-order valence-corrected chi connectivity index (χ1v) is 7.89. The SMILES string of the molecule is Clc1ccc(/C=N\N(c2ccccc2)c2ccccc2)cc1Cl. The molecule has 0 heterocycles. The Labute approximate surface area is 145 Å². The molecule has 0 radical (unpaired) electrons. The molecule has 0 fully saturated rings. The molecule has 0 saturated carbocycles. The summed E-state index contributed by atoms with van der Waals surface area (Å²) >= 11 is 12.0. The lowest BCUT2D eigenvalue weighted by atomic mass is 10.2. The number of anilines is 2. The second kappa shape index (κ2) is 7.32. The van der Waals surface area contributed by atoms with Crippen molar-refractivity contribution in [3.63, 3.8) is 0 Å². The zero-order valence-electron chi connectivity index (χ0n) is 12.2. The van der Waals surface area contributed by atoms with Gasteiger partial charge in [0.2, 0.25) is 0 Å². The number of hydrogen-bond donors (Lipinski definition) is 0. The van der Waals surface area contributed by atoms with Crippen molar-refractivity contribution >= 4 is 40.8 Å². The van der Waals surface area contributed by atoms with E-state index in [1.54, 1.807) is 18.3 Å².